The Kier molecular flexibility index (Phi) is 5.29. The fraction of sp³-hybridized carbons (Fsp3) is 0.0588. The first-order valence-corrected chi connectivity index (χ1v) is 6.50. The van der Waals surface area contributed by atoms with Gasteiger partial charge in [0.25, 0.3) is 0 Å². The van der Waals surface area contributed by atoms with Crippen LogP contribution in [-0.2, 0) is 4.74 Å². The lowest BCUT2D eigenvalue weighted by atomic mass is 10.1. The molecule has 106 valence electrons. The average molecular weight is 280 g/mol. The summed E-state index contributed by atoms with van der Waals surface area (Å²) in [5, 5.41) is 4.09. The molecular formula is C17H16N2O2. The third-order valence-electron chi connectivity index (χ3n) is 2.76. The molecule has 0 unspecified atom stereocenters. The van der Waals surface area contributed by atoms with E-state index in [1.165, 1.54) is 7.11 Å². The first kappa shape index (κ1) is 14.5. The standard InChI is InChI=1S/C17H16N2O2/c1-21-17(20)19-18-16(15-10-6-3-7-11-15)13-12-14-8-4-2-5-9-14/h2-13H,1H3,(H,19,20). The van der Waals surface area contributed by atoms with Gasteiger partial charge in [-0.2, -0.15) is 5.10 Å². The lowest BCUT2D eigenvalue weighted by Gasteiger charge is -2.03. The lowest BCUT2D eigenvalue weighted by molar-refractivity contribution is 0.171. The predicted octanol–water partition coefficient (Wildman–Crippen LogP) is 3.46. The summed E-state index contributed by atoms with van der Waals surface area (Å²) in [6.07, 6.45) is 3.18. The van der Waals surface area contributed by atoms with Crippen molar-refractivity contribution >= 4 is 17.9 Å². The number of methoxy groups -OCH3 is 1. The fourth-order valence-corrected chi connectivity index (χ4v) is 1.70. The Morgan fingerprint density at radius 3 is 2.29 bits per heavy atom. The molecule has 0 aromatic heterocycles. The minimum absolute atomic E-state index is 0.600. The second-order valence-corrected chi connectivity index (χ2v) is 4.21. The van der Waals surface area contributed by atoms with Gasteiger partial charge in [0.2, 0.25) is 0 Å². The van der Waals surface area contributed by atoms with Gasteiger partial charge in [0.05, 0.1) is 12.8 Å². The van der Waals surface area contributed by atoms with Gasteiger partial charge in [-0.25, -0.2) is 10.2 Å². The molecule has 0 heterocycles. The Morgan fingerprint density at radius 1 is 1.05 bits per heavy atom. The smallest absolute Gasteiger partial charge is 0.427 e. The van der Waals surface area contributed by atoms with Crippen LogP contribution >= 0.6 is 0 Å². The lowest BCUT2D eigenvalue weighted by Crippen LogP contribution is -2.19. The highest BCUT2D eigenvalue weighted by Gasteiger charge is 2.01. The highest BCUT2D eigenvalue weighted by Crippen LogP contribution is 2.06. The van der Waals surface area contributed by atoms with Crippen molar-refractivity contribution in [2.75, 3.05) is 7.11 Å². The van der Waals surface area contributed by atoms with Gasteiger partial charge in [0.15, 0.2) is 0 Å². The molecule has 0 bridgehead atoms. The molecule has 0 aliphatic carbocycles. The van der Waals surface area contributed by atoms with Crippen LogP contribution in [0.2, 0.25) is 0 Å². The second kappa shape index (κ2) is 7.65. The monoisotopic (exact) mass is 280 g/mol. The molecule has 0 saturated heterocycles. The minimum atomic E-state index is -0.600. The van der Waals surface area contributed by atoms with Gasteiger partial charge in [-0.3, -0.25) is 0 Å². The first-order chi connectivity index (χ1) is 10.3. The van der Waals surface area contributed by atoms with Crippen LogP contribution in [0.5, 0.6) is 0 Å². The summed E-state index contributed by atoms with van der Waals surface area (Å²) in [5.41, 5.74) is 4.94. The summed E-state index contributed by atoms with van der Waals surface area (Å²) < 4.78 is 4.52. The van der Waals surface area contributed by atoms with Crippen molar-refractivity contribution in [1.82, 2.24) is 5.43 Å². The van der Waals surface area contributed by atoms with Gasteiger partial charge < -0.3 is 4.74 Å². The van der Waals surface area contributed by atoms with Crippen LogP contribution in [0.1, 0.15) is 11.1 Å². The zero-order chi connectivity index (χ0) is 14.9. The number of hydrogen-bond donors (Lipinski definition) is 1. The van der Waals surface area contributed by atoms with Crippen molar-refractivity contribution in [1.29, 1.82) is 0 Å². The van der Waals surface area contributed by atoms with Crippen LogP contribution in [0, 0.1) is 0 Å². The maximum absolute atomic E-state index is 11.2. The van der Waals surface area contributed by atoms with E-state index >= 15 is 0 Å². The topological polar surface area (TPSA) is 50.7 Å². The van der Waals surface area contributed by atoms with Crippen LogP contribution in [-0.4, -0.2) is 18.9 Å². The summed E-state index contributed by atoms with van der Waals surface area (Å²) in [5.74, 6) is 0. The van der Waals surface area contributed by atoms with Crippen LogP contribution in [0.15, 0.2) is 71.8 Å². The van der Waals surface area contributed by atoms with E-state index in [9.17, 15) is 4.79 Å². The molecule has 0 aliphatic heterocycles. The molecule has 1 N–H and O–H groups in total. The number of hydrazone groups is 1. The molecule has 0 radical (unpaired) electrons. The van der Waals surface area contributed by atoms with Crippen LogP contribution in [0.25, 0.3) is 6.08 Å². The molecule has 21 heavy (non-hydrogen) atoms. The van der Waals surface area contributed by atoms with Gasteiger partial charge in [0, 0.05) is 5.56 Å². The molecule has 0 atom stereocenters. The number of allylic oxidation sites excluding steroid dienone is 1. The van der Waals surface area contributed by atoms with E-state index < -0.39 is 6.09 Å². The number of rotatable bonds is 4. The van der Waals surface area contributed by atoms with Crippen molar-refractivity contribution in [3.63, 3.8) is 0 Å². The summed E-state index contributed by atoms with van der Waals surface area (Å²) in [6.45, 7) is 0. The minimum Gasteiger partial charge on any atom is -0.452 e. The normalized spacial score (nSPS) is 11.4. The Balaban J connectivity index is 2.24. The fourth-order valence-electron chi connectivity index (χ4n) is 1.70. The predicted molar refractivity (Wildman–Crippen MR) is 84.0 cm³/mol. The van der Waals surface area contributed by atoms with E-state index in [0.717, 1.165) is 11.1 Å². The third-order valence-corrected chi connectivity index (χ3v) is 2.76. The Labute approximate surface area is 123 Å². The zero-order valence-corrected chi connectivity index (χ0v) is 11.7. The van der Waals surface area contributed by atoms with Crippen LogP contribution < -0.4 is 5.43 Å². The van der Waals surface area contributed by atoms with E-state index in [4.69, 9.17) is 0 Å². The third kappa shape index (κ3) is 4.62. The van der Waals surface area contributed by atoms with Crippen LogP contribution in [0.4, 0.5) is 4.79 Å². The SMILES string of the molecule is COC(=O)NN=C(C=Cc1ccccc1)c1ccccc1. The van der Waals surface area contributed by atoms with E-state index in [0.29, 0.717) is 5.71 Å². The van der Waals surface area contributed by atoms with Crippen molar-refractivity contribution in [3.8, 4) is 0 Å². The summed E-state index contributed by atoms with van der Waals surface area (Å²) in [4.78, 5) is 11.2. The second-order valence-electron chi connectivity index (χ2n) is 4.21. The largest absolute Gasteiger partial charge is 0.452 e. The van der Waals surface area contributed by atoms with Crippen molar-refractivity contribution in [3.05, 3.63) is 77.9 Å². The van der Waals surface area contributed by atoms with Gasteiger partial charge in [0.1, 0.15) is 0 Å². The van der Waals surface area contributed by atoms with Crippen LogP contribution in [0.3, 0.4) is 0 Å². The maximum Gasteiger partial charge on any atom is 0.427 e. The molecule has 4 heteroatoms. The molecule has 1 amide bonds. The Bertz CT molecular complexity index is 634. The number of nitrogens with zero attached hydrogens (tertiary/aromatic N) is 1. The van der Waals surface area contributed by atoms with Crippen molar-refractivity contribution in [2.24, 2.45) is 5.10 Å². The number of carbonyl (C=O) groups is 1. The number of carbonyl (C=O) groups excluding carboxylic acids is 1. The number of benzene rings is 2. The van der Waals surface area contributed by atoms with E-state index in [2.05, 4.69) is 15.3 Å². The highest BCUT2D eigenvalue weighted by atomic mass is 16.5. The molecule has 0 spiro atoms. The quantitative estimate of drug-likeness (QED) is 0.688. The molecule has 0 fully saturated rings. The summed E-state index contributed by atoms with van der Waals surface area (Å²) in [7, 11) is 1.30. The zero-order valence-electron chi connectivity index (χ0n) is 11.7. The number of amides is 1. The average Bonchev–Trinajstić information content (AvgIpc) is 2.56. The van der Waals surface area contributed by atoms with Crippen molar-refractivity contribution in [2.45, 2.75) is 0 Å². The number of hydrogen-bond acceptors (Lipinski definition) is 3. The molecule has 0 aliphatic rings. The van der Waals surface area contributed by atoms with E-state index in [1.54, 1.807) is 0 Å². The summed E-state index contributed by atoms with van der Waals surface area (Å²) in [6, 6.07) is 19.5. The number of nitrogens with one attached hydrogen (secondary N) is 1. The Hall–Kier alpha value is -2.88. The van der Waals surface area contributed by atoms with Gasteiger partial charge in [-0.1, -0.05) is 66.7 Å². The molecule has 2 aromatic rings. The molecular weight excluding hydrogens is 264 g/mol. The van der Waals surface area contributed by atoms with E-state index in [-0.39, 0.29) is 0 Å². The molecule has 4 nitrogen and oxygen atoms in total. The maximum atomic E-state index is 11.2. The Morgan fingerprint density at radius 2 is 1.67 bits per heavy atom. The van der Waals surface area contributed by atoms with Gasteiger partial charge in [-0.15, -0.1) is 0 Å². The first-order valence-electron chi connectivity index (χ1n) is 6.50. The van der Waals surface area contributed by atoms with E-state index in [1.807, 2.05) is 72.8 Å². The molecule has 2 rings (SSSR count). The highest BCUT2D eigenvalue weighted by molar-refractivity contribution is 6.10. The number of ether oxygens (including phenoxy) is 1. The van der Waals surface area contributed by atoms with Crippen molar-refractivity contribution < 1.29 is 9.53 Å². The summed E-state index contributed by atoms with van der Waals surface area (Å²) >= 11 is 0. The molecule has 0 saturated carbocycles. The molecule has 2 aromatic carbocycles. The van der Waals surface area contributed by atoms with Gasteiger partial charge >= 0.3 is 6.09 Å². The van der Waals surface area contributed by atoms with Gasteiger partial charge in [-0.05, 0) is 11.6 Å².